The van der Waals surface area contributed by atoms with E-state index in [1.165, 1.54) is 0 Å². The molecule has 1 amide bonds. The monoisotopic (exact) mass is 378 g/mol. The number of halogens is 1. The topological polar surface area (TPSA) is 66.9 Å². The van der Waals surface area contributed by atoms with Gasteiger partial charge in [0.05, 0.1) is 11.1 Å². The van der Waals surface area contributed by atoms with Crippen LogP contribution in [0.15, 0.2) is 28.9 Å². The van der Waals surface area contributed by atoms with Crippen LogP contribution in [-0.4, -0.2) is 28.0 Å². The Kier molecular flexibility index (Phi) is 4.94. The minimum Gasteiger partial charge on any atom is -0.352 e. The molecule has 1 aromatic carbocycles. The van der Waals surface area contributed by atoms with Crippen molar-refractivity contribution in [1.29, 1.82) is 0 Å². The van der Waals surface area contributed by atoms with E-state index < -0.39 is 11.0 Å². The van der Waals surface area contributed by atoms with Gasteiger partial charge in [0.25, 0.3) is 0 Å². The van der Waals surface area contributed by atoms with Crippen LogP contribution in [0.25, 0.3) is 10.9 Å². The van der Waals surface area contributed by atoms with Crippen molar-refractivity contribution in [3.63, 3.8) is 0 Å². The molecule has 0 spiro atoms. The molecule has 0 atom stereocenters. The summed E-state index contributed by atoms with van der Waals surface area (Å²) < 4.78 is 1.00. The van der Waals surface area contributed by atoms with Gasteiger partial charge in [-0.2, -0.15) is 0 Å². The van der Waals surface area contributed by atoms with Gasteiger partial charge in [-0.25, -0.2) is 9.97 Å². The number of benzene rings is 1. The minimum atomic E-state index is -0.413. The number of carbonyl (C=O) groups is 1. The first kappa shape index (κ1) is 17.7. The summed E-state index contributed by atoms with van der Waals surface area (Å²) in [5.74, 6) is 0.575. The van der Waals surface area contributed by atoms with E-state index in [9.17, 15) is 4.79 Å². The number of carbonyl (C=O) groups excluding carboxylic acids is 1. The summed E-state index contributed by atoms with van der Waals surface area (Å²) in [7, 11) is 0. The molecule has 0 unspecified atom stereocenters. The number of aromatic nitrogens is 2. The molecule has 5 nitrogen and oxygen atoms in total. The van der Waals surface area contributed by atoms with Crippen LogP contribution in [0.3, 0.4) is 0 Å². The summed E-state index contributed by atoms with van der Waals surface area (Å²) >= 11 is 3.44. The fourth-order valence-corrected chi connectivity index (χ4v) is 2.31. The second kappa shape index (κ2) is 6.43. The van der Waals surface area contributed by atoms with Crippen molar-refractivity contribution in [2.45, 2.75) is 40.2 Å². The predicted molar refractivity (Wildman–Crippen MR) is 97.4 cm³/mol. The van der Waals surface area contributed by atoms with Gasteiger partial charge in [-0.05, 0) is 32.0 Å². The van der Waals surface area contributed by atoms with Crippen LogP contribution in [0.5, 0.6) is 0 Å². The van der Waals surface area contributed by atoms with Gasteiger partial charge < -0.3 is 10.6 Å². The molecule has 0 aliphatic rings. The number of hydrogen-bond acceptors (Lipinski definition) is 4. The second-order valence-corrected chi connectivity index (χ2v) is 8.25. The Bertz CT molecular complexity index is 722. The molecule has 0 aliphatic carbocycles. The number of nitrogens with one attached hydrogen (secondary N) is 2. The Morgan fingerprint density at radius 2 is 1.91 bits per heavy atom. The lowest BCUT2D eigenvalue weighted by molar-refractivity contribution is -0.130. The first-order valence-corrected chi connectivity index (χ1v) is 8.35. The highest BCUT2D eigenvalue weighted by Gasteiger charge is 2.28. The van der Waals surface area contributed by atoms with Crippen LogP contribution in [0, 0.1) is 5.41 Å². The van der Waals surface area contributed by atoms with Crippen LogP contribution in [0.2, 0.25) is 0 Å². The molecule has 0 aliphatic heterocycles. The lowest BCUT2D eigenvalue weighted by Gasteiger charge is -2.30. The summed E-state index contributed by atoms with van der Waals surface area (Å²) in [6, 6.07) is 5.87. The van der Waals surface area contributed by atoms with E-state index in [0.29, 0.717) is 12.5 Å². The highest BCUT2D eigenvalue weighted by atomic mass is 79.9. The molecular formula is C17H23BrN4O. The summed E-state index contributed by atoms with van der Waals surface area (Å²) in [5.41, 5.74) is 0.0641. The number of amides is 1. The first-order chi connectivity index (χ1) is 10.6. The van der Waals surface area contributed by atoms with Crippen LogP contribution < -0.4 is 10.6 Å². The Balaban J connectivity index is 2.05. The Morgan fingerprint density at radius 1 is 1.22 bits per heavy atom. The van der Waals surface area contributed by atoms with Crippen LogP contribution in [0.4, 0.5) is 5.95 Å². The maximum absolute atomic E-state index is 12.1. The number of anilines is 1. The molecule has 124 valence electrons. The van der Waals surface area contributed by atoms with E-state index in [0.717, 1.165) is 15.4 Å². The molecule has 2 rings (SSSR count). The van der Waals surface area contributed by atoms with Gasteiger partial charge in [0, 0.05) is 28.0 Å². The summed E-state index contributed by atoms with van der Waals surface area (Å²) in [5, 5.41) is 7.22. The lowest BCUT2D eigenvalue weighted by Crippen LogP contribution is -2.51. The van der Waals surface area contributed by atoms with Crippen molar-refractivity contribution >= 4 is 38.7 Å². The molecule has 0 radical (unpaired) electrons. The summed E-state index contributed by atoms with van der Waals surface area (Å²) in [6.07, 6.45) is 1.79. The molecule has 1 heterocycles. The van der Waals surface area contributed by atoms with E-state index in [2.05, 4.69) is 36.5 Å². The molecule has 0 saturated carbocycles. The van der Waals surface area contributed by atoms with Gasteiger partial charge in [0.2, 0.25) is 11.9 Å². The van der Waals surface area contributed by atoms with Gasteiger partial charge in [0.1, 0.15) is 0 Å². The predicted octanol–water partition coefficient (Wildman–Crippen LogP) is 3.75. The fourth-order valence-electron chi connectivity index (χ4n) is 1.93. The molecule has 2 N–H and O–H groups in total. The number of fused-ring (bicyclic) bond motifs is 1. The Hall–Kier alpha value is -1.69. The largest absolute Gasteiger partial charge is 0.352 e. The van der Waals surface area contributed by atoms with E-state index in [1.807, 2.05) is 52.8 Å². The molecule has 23 heavy (non-hydrogen) atoms. The average Bonchev–Trinajstić information content (AvgIpc) is 2.43. The highest BCUT2D eigenvalue weighted by molar-refractivity contribution is 9.10. The molecule has 0 saturated heterocycles. The lowest BCUT2D eigenvalue weighted by atomic mass is 9.93. The van der Waals surface area contributed by atoms with E-state index in [-0.39, 0.29) is 5.91 Å². The fraction of sp³-hybridized carbons (Fsp3) is 0.471. The number of nitrogens with zero attached hydrogens (tertiary/aromatic N) is 2. The Labute approximate surface area is 145 Å². The minimum absolute atomic E-state index is 0.0218. The summed E-state index contributed by atoms with van der Waals surface area (Å²) in [4.78, 5) is 20.9. The van der Waals surface area contributed by atoms with Crippen LogP contribution >= 0.6 is 15.9 Å². The van der Waals surface area contributed by atoms with Gasteiger partial charge >= 0.3 is 0 Å². The molecule has 6 heteroatoms. The third kappa shape index (κ3) is 4.89. The van der Waals surface area contributed by atoms with Crippen LogP contribution in [0.1, 0.15) is 34.6 Å². The van der Waals surface area contributed by atoms with Crippen LogP contribution in [-0.2, 0) is 4.79 Å². The SMILES string of the molecule is CC(C)(CNc1ncc2cc(Br)ccc2n1)NC(=O)C(C)(C)C. The molecule has 2 aromatic rings. The maximum Gasteiger partial charge on any atom is 0.225 e. The van der Waals surface area contributed by atoms with Crippen molar-refractivity contribution in [2.75, 3.05) is 11.9 Å². The standard InChI is InChI=1S/C17H23BrN4O/c1-16(2,3)14(23)22-17(4,5)10-20-15-19-9-11-8-12(18)6-7-13(11)21-15/h6-9H,10H2,1-5H3,(H,22,23)(H,19,20,21). The average molecular weight is 379 g/mol. The van der Waals surface area contributed by atoms with Gasteiger partial charge in [0.15, 0.2) is 0 Å². The van der Waals surface area contributed by atoms with Crippen molar-refractivity contribution < 1.29 is 4.79 Å². The Morgan fingerprint density at radius 3 is 2.57 bits per heavy atom. The van der Waals surface area contributed by atoms with Gasteiger partial charge in [-0.3, -0.25) is 4.79 Å². The quantitative estimate of drug-likeness (QED) is 0.849. The molecule has 0 bridgehead atoms. The smallest absolute Gasteiger partial charge is 0.225 e. The van der Waals surface area contributed by atoms with Crippen molar-refractivity contribution in [2.24, 2.45) is 5.41 Å². The molecular weight excluding hydrogens is 356 g/mol. The third-order valence-electron chi connectivity index (χ3n) is 3.36. The van der Waals surface area contributed by atoms with Gasteiger partial charge in [-0.15, -0.1) is 0 Å². The van der Waals surface area contributed by atoms with Crippen molar-refractivity contribution in [3.8, 4) is 0 Å². The highest BCUT2D eigenvalue weighted by Crippen LogP contribution is 2.19. The zero-order chi connectivity index (χ0) is 17.3. The first-order valence-electron chi connectivity index (χ1n) is 7.56. The van der Waals surface area contributed by atoms with E-state index in [1.54, 1.807) is 6.20 Å². The summed E-state index contributed by atoms with van der Waals surface area (Å²) in [6.45, 7) is 10.2. The maximum atomic E-state index is 12.1. The molecule has 0 fully saturated rings. The van der Waals surface area contributed by atoms with Crippen molar-refractivity contribution in [3.05, 3.63) is 28.9 Å². The zero-order valence-corrected chi connectivity index (χ0v) is 15.8. The van der Waals surface area contributed by atoms with Crippen molar-refractivity contribution in [1.82, 2.24) is 15.3 Å². The number of hydrogen-bond donors (Lipinski definition) is 2. The van der Waals surface area contributed by atoms with Gasteiger partial charge in [-0.1, -0.05) is 36.7 Å². The van der Waals surface area contributed by atoms with E-state index in [4.69, 9.17) is 0 Å². The second-order valence-electron chi connectivity index (χ2n) is 7.34. The normalized spacial score (nSPS) is 12.3. The van der Waals surface area contributed by atoms with E-state index >= 15 is 0 Å². The third-order valence-corrected chi connectivity index (χ3v) is 3.86. The zero-order valence-electron chi connectivity index (χ0n) is 14.2. The number of rotatable bonds is 4. The molecule has 1 aromatic heterocycles.